The molecule has 2 N–H and O–H groups in total. The van der Waals surface area contributed by atoms with E-state index in [-0.39, 0.29) is 17.0 Å². The van der Waals surface area contributed by atoms with Crippen LogP contribution < -0.4 is 19.5 Å². The van der Waals surface area contributed by atoms with Gasteiger partial charge in [-0.3, -0.25) is 14.2 Å². The summed E-state index contributed by atoms with van der Waals surface area (Å²) in [6.07, 6.45) is 1.49. The first-order valence-corrected chi connectivity index (χ1v) is 12.8. The first kappa shape index (κ1) is 26.8. The molecule has 0 spiro atoms. The Morgan fingerprint density at radius 2 is 1.65 bits per heavy atom. The van der Waals surface area contributed by atoms with Crippen LogP contribution in [0.3, 0.4) is 0 Å². The second-order valence-corrected chi connectivity index (χ2v) is 10.6. The van der Waals surface area contributed by atoms with Gasteiger partial charge in [-0.15, -0.1) is 0 Å². The number of benzene rings is 3. The zero-order valence-electron chi connectivity index (χ0n) is 23.0. The summed E-state index contributed by atoms with van der Waals surface area (Å²) in [7, 11) is 1.52. The third kappa shape index (κ3) is 4.86. The fraction of sp³-hybridized carbons (Fsp3) is 0.258. The van der Waals surface area contributed by atoms with Crippen molar-refractivity contribution in [3.05, 3.63) is 71.4 Å². The average Bonchev–Trinajstić information content (AvgIpc) is 3.31. The molecule has 3 aromatic carbocycles. The van der Waals surface area contributed by atoms with Crippen LogP contribution in [-0.4, -0.2) is 47.8 Å². The molecular weight excluding hydrogens is 512 g/mol. The van der Waals surface area contributed by atoms with Gasteiger partial charge in [0.05, 0.1) is 23.8 Å². The maximum absolute atomic E-state index is 13.8. The molecule has 9 nitrogen and oxygen atoms in total. The van der Waals surface area contributed by atoms with Gasteiger partial charge in [-0.05, 0) is 64.6 Å². The van der Waals surface area contributed by atoms with Crippen molar-refractivity contribution in [2.75, 3.05) is 25.6 Å². The number of ether oxygens (including phenoxy) is 3. The van der Waals surface area contributed by atoms with Crippen LogP contribution in [0.5, 0.6) is 17.2 Å². The molecule has 1 aliphatic rings. The average molecular weight is 543 g/mol. The van der Waals surface area contributed by atoms with E-state index in [4.69, 9.17) is 14.2 Å². The van der Waals surface area contributed by atoms with Crippen LogP contribution in [0.15, 0.2) is 54.7 Å². The molecule has 2 heterocycles. The molecule has 1 aromatic heterocycles. The first-order chi connectivity index (χ1) is 19.0. The minimum Gasteiger partial charge on any atom is -0.497 e. The third-order valence-electron chi connectivity index (χ3n) is 6.84. The SMILES string of the molecule is COc1ccc2c(c1)c(C(=O)Nc1cc(-c3ccc4c(c3)OCCO4)cc(C(=O)O)c1C(C)(C)C)cn2C(C)=O. The Morgan fingerprint density at radius 3 is 2.30 bits per heavy atom. The van der Waals surface area contributed by atoms with E-state index in [1.807, 2.05) is 26.8 Å². The van der Waals surface area contributed by atoms with E-state index in [0.29, 0.717) is 63.7 Å². The predicted molar refractivity (Wildman–Crippen MR) is 151 cm³/mol. The molecule has 1 aliphatic heterocycles. The summed E-state index contributed by atoms with van der Waals surface area (Å²) in [5.41, 5.74) is 2.39. The monoisotopic (exact) mass is 542 g/mol. The van der Waals surface area contributed by atoms with Gasteiger partial charge in [-0.25, -0.2) is 4.79 Å². The van der Waals surface area contributed by atoms with Gasteiger partial charge in [0.25, 0.3) is 5.91 Å². The Labute approximate surface area is 231 Å². The molecule has 1 amide bonds. The van der Waals surface area contributed by atoms with Gasteiger partial charge < -0.3 is 24.6 Å². The molecule has 0 atom stereocenters. The van der Waals surface area contributed by atoms with Gasteiger partial charge in [0.15, 0.2) is 11.5 Å². The van der Waals surface area contributed by atoms with Gasteiger partial charge >= 0.3 is 5.97 Å². The van der Waals surface area contributed by atoms with Crippen molar-refractivity contribution in [1.82, 2.24) is 4.57 Å². The van der Waals surface area contributed by atoms with Crippen LogP contribution >= 0.6 is 0 Å². The van der Waals surface area contributed by atoms with E-state index < -0.39 is 17.3 Å². The highest BCUT2D eigenvalue weighted by atomic mass is 16.6. The largest absolute Gasteiger partial charge is 0.497 e. The molecule has 5 rings (SSSR count). The Bertz CT molecular complexity index is 1680. The molecule has 0 fully saturated rings. The van der Waals surface area contributed by atoms with Crippen molar-refractivity contribution in [3.8, 4) is 28.4 Å². The van der Waals surface area contributed by atoms with Gasteiger partial charge in [-0.2, -0.15) is 0 Å². The van der Waals surface area contributed by atoms with Crippen molar-refractivity contribution in [2.24, 2.45) is 0 Å². The van der Waals surface area contributed by atoms with Crippen LogP contribution in [0, 0.1) is 0 Å². The number of aromatic carboxylic acids is 1. The summed E-state index contributed by atoms with van der Waals surface area (Å²) in [5, 5.41) is 13.7. The van der Waals surface area contributed by atoms with Gasteiger partial charge in [-0.1, -0.05) is 26.8 Å². The number of nitrogens with zero attached hydrogens (tertiary/aromatic N) is 1. The van der Waals surface area contributed by atoms with E-state index in [1.54, 1.807) is 42.5 Å². The zero-order valence-corrected chi connectivity index (χ0v) is 23.0. The summed E-state index contributed by atoms with van der Waals surface area (Å²) < 4.78 is 18.1. The summed E-state index contributed by atoms with van der Waals surface area (Å²) in [6.45, 7) is 7.96. The van der Waals surface area contributed by atoms with Gasteiger partial charge in [0.2, 0.25) is 5.91 Å². The number of carbonyl (C=O) groups is 3. The van der Waals surface area contributed by atoms with E-state index in [0.717, 1.165) is 0 Å². The molecule has 206 valence electrons. The lowest BCUT2D eigenvalue weighted by Crippen LogP contribution is -2.22. The number of fused-ring (bicyclic) bond motifs is 2. The van der Waals surface area contributed by atoms with Crippen molar-refractivity contribution >= 4 is 34.4 Å². The highest BCUT2D eigenvalue weighted by molar-refractivity contribution is 6.15. The molecule has 0 aliphatic carbocycles. The minimum absolute atomic E-state index is 0.0722. The standard InChI is InChI=1S/C31H30N2O7/c1-17(34)33-16-23(21-15-20(38-5)7-8-25(21)33)29(35)32-24-13-19(12-22(30(36)37)28(24)31(2,3)4)18-6-9-26-27(14-18)40-11-10-39-26/h6-9,12-16H,10-11H2,1-5H3,(H,32,35)(H,36,37). The number of hydrogen-bond donors (Lipinski definition) is 2. The minimum atomic E-state index is -1.11. The van der Waals surface area contributed by atoms with E-state index >= 15 is 0 Å². The van der Waals surface area contributed by atoms with Gasteiger partial charge in [0, 0.05) is 24.2 Å². The molecule has 9 heteroatoms. The molecule has 0 radical (unpaired) electrons. The number of nitrogens with one attached hydrogen (secondary N) is 1. The molecule has 0 bridgehead atoms. The fourth-order valence-corrected chi connectivity index (χ4v) is 5.07. The number of carboxylic acid groups (broad SMARTS) is 1. The normalized spacial score (nSPS) is 12.7. The van der Waals surface area contributed by atoms with E-state index in [2.05, 4.69) is 5.32 Å². The molecule has 0 saturated carbocycles. The second-order valence-electron chi connectivity index (χ2n) is 10.6. The van der Waals surface area contributed by atoms with Gasteiger partial charge in [0.1, 0.15) is 19.0 Å². The van der Waals surface area contributed by atoms with Crippen LogP contribution in [0.1, 0.15) is 58.8 Å². The number of carbonyl (C=O) groups excluding carboxylic acids is 2. The Kier molecular flexibility index (Phi) is 6.75. The molecule has 4 aromatic rings. The number of anilines is 1. The summed E-state index contributed by atoms with van der Waals surface area (Å²) in [6, 6.07) is 13.9. The van der Waals surface area contributed by atoms with E-state index in [1.165, 1.54) is 24.8 Å². The first-order valence-electron chi connectivity index (χ1n) is 12.8. The topological polar surface area (TPSA) is 116 Å². The van der Waals surface area contributed by atoms with Crippen molar-refractivity contribution in [3.63, 3.8) is 0 Å². The Balaban J connectivity index is 1.66. The lowest BCUT2D eigenvalue weighted by molar-refractivity contribution is 0.0693. The van der Waals surface area contributed by atoms with Crippen LogP contribution in [-0.2, 0) is 5.41 Å². The highest BCUT2D eigenvalue weighted by Gasteiger charge is 2.28. The number of amides is 1. The summed E-state index contributed by atoms with van der Waals surface area (Å²) >= 11 is 0. The van der Waals surface area contributed by atoms with Crippen molar-refractivity contribution < 1.29 is 33.7 Å². The number of aromatic nitrogens is 1. The summed E-state index contributed by atoms with van der Waals surface area (Å²) in [5.74, 6) is -0.134. The Hall–Kier alpha value is -4.79. The second kappa shape index (κ2) is 10.1. The fourth-order valence-electron chi connectivity index (χ4n) is 5.07. The van der Waals surface area contributed by atoms with Crippen molar-refractivity contribution in [2.45, 2.75) is 33.1 Å². The lowest BCUT2D eigenvalue weighted by atomic mass is 9.81. The van der Waals surface area contributed by atoms with E-state index in [9.17, 15) is 19.5 Å². The predicted octanol–water partition coefficient (Wildman–Crippen LogP) is 6.00. The third-order valence-corrected chi connectivity index (χ3v) is 6.84. The number of rotatable bonds is 5. The number of hydrogen-bond acceptors (Lipinski definition) is 6. The highest BCUT2D eigenvalue weighted by Crippen LogP contribution is 2.40. The molecule has 40 heavy (non-hydrogen) atoms. The maximum atomic E-state index is 13.8. The lowest BCUT2D eigenvalue weighted by Gasteiger charge is -2.26. The Morgan fingerprint density at radius 1 is 0.925 bits per heavy atom. The smallest absolute Gasteiger partial charge is 0.336 e. The van der Waals surface area contributed by atoms with Crippen LogP contribution in [0.2, 0.25) is 0 Å². The number of carboxylic acids is 1. The van der Waals surface area contributed by atoms with Crippen LogP contribution in [0.25, 0.3) is 22.0 Å². The van der Waals surface area contributed by atoms with Crippen LogP contribution in [0.4, 0.5) is 5.69 Å². The zero-order chi connectivity index (χ0) is 28.8. The summed E-state index contributed by atoms with van der Waals surface area (Å²) in [4.78, 5) is 38.6. The quantitative estimate of drug-likeness (QED) is 0.318. The number of methoxy groups -OCH3 is 1. The molecule has 0 unspecified atom stereocenters. The maximum Gasteiger partial charge on any atom is 0.336 e. The molecular formula is C31H30N2O7. The van der Waals surface area contributed by atoms with Crippen molar-refractivity contribution in [1.29, 1.82) is 0 Å². The molecule has 0 saturated heterocycles.